The van der Waals surface area contributed by atoms with Crippen molar-refractivity contribution >= 4 is 5.78 Å². The van der Waals surface area contributed by atoms with Crippen molar-refractivity contribution in [2.24, 2.45) is 5.73 Å². The third-order valence-corrected chi connectivity index (χ3v) is 1.88. The summed E-state index contributed by atoms with van der Waals surface area (Å²) >= 11 is 0. The van der Waals surface area contributed by atoms with E-state index in [1.807, 2.05) is 0 Å². The summed E-state index contributed by atoms with van der Waals surface area (Å²) in [4.78, 5) is 11.4. The summed E-state index contributed by atoms with van der Waals surface area (Å²) < 4.78 is 4.85. The Labute approximate surface area is 82.3 Å². The van der Waals surface area contributed by atoms with Gasteiger partial charge in [0.15, 0.2) is 17.3 Å². The molecular weight excluding hydrogens is 182 g/mol. The number of methoxy groups -OCH3 is 1. The van der Waals surface area contributed by atoms with Gasteiger partial charge in [-0.1, -0.05) is 0 Å². The van der Waals surface area contributed by atoms with Gasteiger partial charge < -0.3 is 15.6 Å². The molecule has 0 fully saturated rings. The lowest BCUT2D eigenvalue weighted by molar-refractivity contribution is 0.0967. The Hall–Kier alpha value is -1.55. The molecule has 1 aromatic carbocycles. The molecular formula is C10H13NO3. The summed E-state index contributed by atoms with van der Waals surface area (Å²) in [6.07, 6.45) is 0. The van der Waals surface area contributed by atoms with Crippen molar-refractivity contribution in [3.8, 4) is 11.5 Å². The fourth-order valence-corrected chi connectivity index (χ4v) is 1.11. The second kappa shape index (κ2) is 4.11. The average molecular weight is 195 g/mol. The quantitative estimate of drug-likeness (QED) is 0.704. The number of carbonyl (C=O) groups is 1. The molecule has 0 amide bonds. The van der Waals surface area contributed by atoms with Crippen molar-refractivity contribution in [2.75, 3.05) is 7.11 Å². The first-order chi connectivity index (χ1) is 6.56. The number of rotatable bonds is 3. The van der Waals surface area contributed by atoms with Crippen molar-refractivity contribution in [3.05, 3.63) is 23.8 Å². The highest BCUT2D eigenvalue weighted by molar-refractivity contribution is 6.00. The Morgan fingerprint density at radius 3 is 2.64 bits per heavy atom. The lowest BCUT2D eigenvalue weighted by Crippen LogP contribution is -2.26. The van der Waals surface area contributed by atoms with Crippen LogP contribution >= 0.6 is 0 Å². The largest absolute Gasteiger partial charge is 0.504 e. The molecule has 3 N–H and O–H groups in total. The maximum atomic E-state index is 11.4. The van der Waals surface area contributed by atoms with Gasteiger partial charge in [-0.15, -0.1) is 0 Å². The van der Waals surface area contributed by atoms with E-state index in [9.17, 15) is 9.90 Å². The highest BCUT2D eigenvalue weighted by Gasteiger charge is 2.12. The number of ketones is 1. The van der Waals surface area contributed by atoms with Gasteiger partial charge in [0.25, 0.3) is 0 Å². The van der Waals surface area contributed by atoms with Crippen LogP contribution < -0.4 is 10.5 Å². The minimum atomic E-state index is -0.567. The molecule has 1 aromatic rings. The molecule has 0 saturated heterocycles. The molecule has 0 spiro atoms. The molecule has 0 aliphatic heterocycles. The maximum absolute atomic E-state index is 11.4. The van der Waals surface area contributed by atoms with E-state index in [0.29, 0.717) is 11.3 Å². The van der Waals surface area contributed by atoms with E-state index in [4.69, 9.17) is 10.5 Å². The van der Waals surface area contributed by atoms with Crippen LogP contribution in [0.25, 0.3) is 0 Å². The van der Waals surface area contributed by atoms with E-state index >= 15 is 0 Å². The Bertz CT molecular complexity index is 347. The normalized spacial score (nSPS) is 12.2. The Morgan fingerprint density at radius 1 is 1.57 bits per heavy atom. The van der Waals surface area contributed by atoms with Crippen LogP contribution in [0.15, 0.2) is 18.2 Å². The highest BCUT2D eigenvalue weighted by Crippen LogP contribution is 2.26. The molecule has 0 aromatic heterocycles. The number of hydrogen-bond donors (Lipinski definition) is 2. The number of hydrogen-bond acceptors (Lipinski definition) is 4. The standard InChI is InChI=1S/C10H13NO3/c1-6(11)10(13)7-3-4-9(14-2)8(12)5-7/h3-6,12H,11H2,1-2H3. The molecule has 0 aliphatic rings. The van der Waals surface area contributed by atoms with Crippen molar-refractivity contribution in [2.45, 2.75) is 13.0 Å². The topological polar surface area (TPSA) is 72.5 Å². The maximum Gasteiger partial charge on any atom is 0.179 e. The first kappa shape index (κ1) is 10.5. The number of Topliss-reactive ketones (excluding diaryl/α,β-unsaturated/α-hetero) is 1. The number of phenolic OH excluding ortho intramolecular Hbond substituents is 1. The lowest BCUT2D eigenvalue weighted by atomic mass is 10.1. The van der Waals surface area contributed by atoms with Crippen molar-refractivity contribution in [1.29, 1.82) is 0 Å². The molecule has 0 aliphatic carbocycles. The number of ether oxygens (including phenoxy) is 1. The minimum absolute atomic E-state index is 0.0565. The second-order valence-electron chi connectivity index (χ2n) is 3.04. The van der Waals surface area contributed by atoms with Gasteiger partial charge >= 0.3 is 0 Å². The number of carbonyl (C=O) groups excluding carboxylic acids is 1. The van der Waals surface area contributed by atoms with Crippen molar-refractivity contribution in [1.82, 2.24) is 0 Å². The molecule has 0 heterocycles. The van der Waals surface area contributed by atoms with E-state index in [1.165, 1.54) is 19.2 Å². The van der Waals surface area contributed by atoms with Gasteiger partial charge in [0, 0.05) is 5.56 Å². The first-order valence-corrected chi connectivity index (χ1v) is 4.23. The molecule has 1 unspecified atom stereocenters. The number of phenols is 1. The van der Waals surface area contributed by atoms with Gasteiger partial charge in [0.2, 0.25) is 0 Å². The molecule has 4 nitrogen and oxygen atoms in total. The summed E-state index contributed by atoms with van der Waals surface area (Å²) in [5.74, 6) is 0.0770. The van der Waals surface area contributed by atoms with Crippen LogP contribution in [0.4, 0.5) is 0 Å². The van der Waals surface area contributed by atoms with Crippen LogP contribution in [0, 0.1) is 0 Å². The summed E-state index contributed by atoms with van der Waals surface area (Å²) in [5, 5.41) is 9.40. The summed E-state index contributed by atoms with van der Waals surface area (Å²) in [6.45, 7) is 1.60. The van der Waals surface area contributed by atoms with Crippen LogP contribution in [0.2, 0.25) is 0 Å². The van der Waals surface area contributed by atoms with E-state index in [0.717, 1.165) is 0 Å². The Kier molecular flexibility index (Phi) is 3.09. The fourth-order valence-electron chi connectivity index (χ4n) is 1.11. The third kappa shape index (κ3) is 2.03. The zero-order valence-electron chi connectivity index (χ0n) is 8.15. The monoisotopic (exact) mass is 195 g/mol. The average Bonchev–Trinajstić information content (AvgIpc) is 2.16. The van der Waals surface area contributed by atoms with Crippen LogP contribution in [0.1, 0.15) is 17.3 Å². The van der Waals surface area contributed by atoms with Crippen molar-refractivity contribution in [3.63, 3.8) is 0 Å². The Morgan fingerprint density at radius 2 is 2.21 bits per heavy atom. The molecule has 76 valence electrons. The molecule has 14 heavy (non-hydrogen) atoms. The summed E-state index contributed by atoms with van der Waals surface area (Å²) in [7, 11) is 1.45. The fraction of sp³-hybridized carbons (Fsp3) is 0.300. The van der Waals surface area contributed by atoms with Gasteiger partial charge in [-0.2, -0.15) is 0 Å². The van der Waals surface area contributed by atoms with Crippen LogP contribution in [0.3, 0.4) is 0 Å². The Balaban J connectivity index is 3.03. The summed E-state index contributed by atoms with van der Waals surface area (Å²) in [6, 6.07) is 3.89. The number of benzene rings is 1. The van der Waals surface area contributed by atoms with Crippen LogP contribution in [-0.2, 0) is 0 Å². The van der Waals surface area contributed by atoms with Gasteiger partial charge in [0.05, 0.1) is 13.2 Å². The van der Waals surface area contributed by atoms with E-state index in [-0.39, 0.29) is 11.5 Å². The molecule has 0 radical (unpaired) electrons. The lowest BCUT2D eigenvalue weighted by Gasteiger charge is -2.07. The number of nitrogens with two attached hydrogens (primary N) is 1. The van der Waals surface area contributed by atoms with E-state index < -0.39 is 6.04 Å². The SMILES string of the molecule is COc1ccc(C(=O)C(C)N)cc1O. The first-order valence-electron chi connectivity index (χ1n) is 4.23. The molecule has 0 saturated carbocycles. The third-order valence-electron chi connectivity index (χ3n) is 1.88. The van der Waals surface area contributed by atoms with Gasteiger partial charge in [0.1, 0.15) is 0 Å². The smallest absolute Gasteiger partial charge is 0.179 e. The van der Waals surface area contributed by atoms with Crippen LogP contribution in [0.5, 0.6) is 11.5 Å². The van der Waals surface area contributed by atoms with Crippen molar-refractivity contribution < 1.29 is 14.6 Å². The zero-order chi connectivity index (χ0) is 10.7. The predicted octanol–water partition coefficient (Wildman–Crippen LogP) is 0.931. The van der Waals surface area contributed by atoms with Gasteiger partial charge in [-0.25, -0.2) is 0 Å². The molecule has 0 bridgehead atoms. The van der Waals surface area contributed by atoms with Gasteiger partial charge in [-0.05, 0) is 25.1 Å². The minimum Gasteiger partial charge on any atom is -0.504 e. The predicted molar refractivity (Wildman–Crippen MR) is 52.6 cm³/mol. The van der Waals surface area contributed by atoms with E-state index in [1.54, 1.807) is 13.0 Å². The second-order valence-corrected chi connectivity index (χ2v) is 3.04. The number of aromatic hydroxyl groups is 1. The van der Waals surface area contributed by atoms with E-state index in [2.05, 4.69) is 0 Å². The van der Waals surface area contributed by atoms with Gasteiger partial charge in [-0.3, -0.25) is 4.79 Å². The molecule has 4 heteroatoms. The molecule has 1 rings (SSSR count). The van der Waals surface area contributed by atoms with Crippen LogP contribution in [-0.4, -0.2) is 24.0 Å². The highest BCUT2D eigenvalue weighted by atomic mass is 16.5. The summed E-state index contributed by atoms with van der Waals surface area (Å²) in [5.41, 5.74) is 5.81. The zero-order valence-corrected chi connectivity index (χ0v) is 8.15. The molecule has 1 atom stereocenters.